The standard InChI is InChI=1S/C20H23N5O7S/c26-11-13(10-17(28)29)21-19(31)15-2-1-8-24-16(27)7-9-23(20(32)25(15)24)22-18(30)12-3-5-14(33)6-4-12/h3-6,11,13,15,33H,1-2,7-10H2,(H,21,31)(H,22,30)(H,28,29). The molecule has 2 aliphatic heterocycles. The van der Waals surface area contributed by atoms with Crippen molar-refractivity contribution in [1.82, 2.24) is 25.8 Å². The Morgan fingerprint density at radius 3 is 2.52 bits per heavy atom. The molecule has 1 aromatic rings. The number of rotatable bonds is 7. The lowest BCUT2D eigenvalue weighted by molar-refractivity contribution is -0.155. The molecule has 2 unspecified atom stereocenters. The van der Waals surface area contributed by atoms with Crippen LogP contribution in [0.15, 0.2) is 29.2 Å². The highest BCUT2D eigenvalue weighted by Crippen LogP contribution is 2.24. The third-order valence-corrected chi connectivity index (χ3v) is 5.52. The van der Waals surface area contributed by atoms with Crippen LogP contribution in [-0.2, 0) is 19.2 Å². The second-order valence-corrected chi connectivity index (χ2v) is 8.06. The van der Waals surface area contributed by atoms with E-state index in [0.29, 0.717) is 17.6 Å². The number of hydrazine groups is 2. The van der Waals surface area contributed by atoms with Crippen molar-refractivity contribution in [3.05, 3.63) is 29.8 Å². The van der Waals surface area contributed by atoms with Crippen LogP contribution in [0.4, 0.5) is 4.79 Å². The SMILES string of the molecule is O=CC(CC(=O)O)NC(=O)C1CCCN2C(=O)CCN(NC(=O)c3ccc(S)cc3)C(=O)N12. The first kappa shape index (κ1) is 24.0. The van der Waals surface area contributed by atoms with Gasteiger partial charge in [-0.15, -0.1) is 12.6 Å². The fourth-order valence-corrected chi connectivity index (χ4v) is 3.77. The van der Waals surface area contributed by atoms with E-state index in [4.69, 9.17) is 5.11 Å². The van der Waals surface area contributed by atoms with Crippen LogP contribution in [0.3, 0.4) is 0 Å². The van der Waals surface area contributed by atoms with Crippen LogP contribution in [-0.4, -0.2) is 81.3 Å². The van der Waals surface area contributed by atoms with E-state index < -0.39 is 48.2 Å². The minimum Gasteiger partial charge on any atom is -0.481 e. The lowest BCUT2D eigenvalue weighted by atomic mass is 10.1. The first-order valence-corrected chi connectivity index (χ1v) is 10.6. The summed E-state index contributed by atoms with van der Waals surface area (Å²) in [6.45, 7) is 0.0944. The van der Waals surface area contributed by atoms with Crippen molar-refractivity contribution in [3.8, 4) is 0 Å². The van der Waals surface area contributed by atoms with Gasteiger partial charge in [0, 0.05) is 23.4 Å². The predicted octanol–water partition coefficient (Wildman–Crippen LogP) is -0.188. The van der Waals surface area contributed by atoms with Gasteiger partial charge in [0.1, 0.15) is 12.3 Å². The summed E-state index contributed by atoms with van der Waals surface area (Å²) in [6.07, 6.45) is 0.199. The zero-order valence-electron chi connectivity index (χ0n) is 17.5. The largest absolute Gasteiger partial charge is 0.481 e. The van der Waals surface area contributed by atoms with E-state index in [-0.39, 0.29) is 31.5 Å². The molecule has 0 spiro atoms. The van der Waals surface area contributed by atoms with Crippen LogP contribution in [0, 0.1) is 0 Å². The smallest absolute Gasteiger partial charge is 0.358 e. The van der Waals surface area contributed by atoms with E-state index in [0.717, 1.165) is 15.0 Å². The van der Waals surface area contributed by atoms with E-state index in [1.807, 2.05) is 0 Å². The predicted molar refractivity (Wildman–Crippen MR) is 115 cm³/mol. The molecule has 2 aliphatic rings. The molecular formula is C20H23N5O7S. The summed E-state index contributed by atoms with van der Waals surface area (Å²) in [5, 5.41) is 14.3. The van der Waals surface area contributed by atoms with Crippen LogP contribution in [0.2, 0.25) is 0 Å². The second kappa shape index (κ2) is 10.3. The summed E-state index contributed by atoms with van der Waals surface area (Å²) in [7, 11) is 0. The van der Waals surface area contributed by atoms with E-state index in [1.165, 1.54) is 12.1 Å². The molecule has 3 N–H and O–H groups in total. The zero-order valence-corrected chi connectivity index (χ0v) is 18.4. The molecule has 1 aromatic carbocycles. The summed E-state index contributed by atoms with van der Waals surface area (Å²) in [5.74, 6) is -3.04. The van der Waals surface area contributed by atoms with Gasteiger partial charge in [0.05, 0.1) is 19.0 Å². The maximum atomic E-state index is 13.3. The number of aliphatic carboxylic acids is 1. The number of hydrogen-bond acceptors (Lipinski definition) is 7. The van der Waals surface area contributed by atoms with Crippen LogP contribution < -0.4 is 10.7 Å². The Morgan fingerprint density at radius 2 is 1.88 bits per heavy atom. The van der Waals surface area contributed by atoms with Crippen molar-refractivity contribution < 1.29 is 33.9 Å². The van der Waals surface area contributed by atoms with Crippen molar-refractivity contribution in [2.75, 3.05) is 13.1 Å². The van der Waals surface area contributed by atoms with Gasteiger partial charge in [0.25, 0.3) is 5.91 Å². The minimum atomic E-state index is -1.28. The number of urea groups is 1. The Labute approximate surface area is 194 Å². The zero-order chi connectivity index (χ0) is 24.1. The third-order valence-electron chi connectivity index (χ3n) is 5.22. The Morgan fingerprint density at radius 1 is 1.18 bits per heavy atom. The molecule has 2 fully saturated rings. The molecule has 2 saturated heterocycles. The molecule has 0 saturated carbocycles. The summed E-state index contributed by atoms with van der Waals surface area (Å²) in [6, 6.07) is 3.03. The van der Waals surface area contributed by atoms with E-state index in [1.54, 1.807) is 12.1 Å². The molecule has 176 valence electrons. The van der Waals surface area contributed by atoms with Crippen molar-refractivity contribution in [2.24, 2.45) is 0 Å². The number of aldehydes is 1. The summed E-state index contributed by atoms with van der Waals surface area (Å²) < 4.78 is 0. The number of benzene rings is 1. The van der Waals surface area contributed by atoms with E-state index >= 15 is 0 Å². The number of fused-ring (bicyclic) bond motifs is 1. The van der Waals surface area contributed by atoms with E-state index in [2.05, 4.69) is 23.4 Å². The lowest BCUT2D eigenvalue weighted by Gasteiger charge is -2.42. The molecule has 3 rings (SSSR count). The van der Waals surface area contributed by atoms with Crippen molar-refractivity contribution in [3.63, 3.8) is 0 Å². The number of carboxylic acid groups (broad SMARTS) is 1. The number of carbonyl (C=O) groups is 6. The Bertz CT molecular complexity index is 970. The van der Waals surface area contributed by atoms with Gasteiger partial charge in [-0.3, -0.25) is 24.6 Å². The lowest BCUT2D eigenvalue weighted by Crippen LogP contribution is -2.64. The molecule has 5 amide bonds. The molecule has 2 heterocycles. The highest BCUT2D eigenvalue weighted by atomic mass is 32.1. The Kier molecular flexibility index (Phi) is 7.53. The second-order valence-electron chi connectivity index (χ2n) is 7.54. The highest BCUT2D eigenvalue weighted by Gasteiger charge is 2.44. The number of amides is 5. The maximum absolute atomic E-state index is 13.3. The number of hydrogen-bond donors (Lipinski definition) is 4. The van der Waals surface area contributed by atoms with Crippen LogP contribution in [0.1, 0.15) is 36.0 Å². The van der Waals surface area contributed by atoms with Gasteiger partial charge in [-0.05, 0) is 37.1 Å². The van der Waals surface area contributed by atoms with Gasteiger partial charge < -0.3 is 15.2 Å². The van der Waals surface area contributed by atoms with Gasteiger partial charge in [0.15, 0.2) is 0 Å². The monoisotopic (exact) mass is 477 g/mol. The Balaban J connectivity index is 1.80. The molecule has 0 radical (unpaired) electrons. The molecule has 13 heteroatoms. The maximum Gasteiger partial charge on any atom is 0.358 e. The third kappa shape index (κ3) is 5.61. The van der Waals surface area contributed by atoms with Crippen LogP contribution >= 0.6 is 12.6 Å². The number of nitrogens with zero attached hydrogens (tertiary/aromatic N) is 3. The van der Waals surface area contributed by atoms with Crippen LogP contribution in [0.25, 0.3) is 0 Å². The molecule has 0 aromatic heterocycles. The summed E-state index contributed by atoms with van der Waals surface area (Å²) in [5.41, 5.74) is 2.74. The fraction of sp³-hybridized carbons (Fsp3) is 0.400. The highest BCUT2D eigenvalue weighted by molar-refractivity contribution is 7.80. The van der Waals surface area contributed by atoms with Gasteiger partial charge in [-0.2, -0.15) is 0 Å². The number of carbonyl (C=O) groups excluding carboxylic acids is 5. The first-order valence-electron chi connectivity index (χ1n) is 10.2. The first-order chi connectivity index (χ1) is 15.7. The molecule has 0 bridgehead atoms. The van der Waals surface area contributed by atoms with Crippen molar-refractivity contribution in [1.29, 1.82) is 0 Å². The van der Waals surface area contributed by atoms with Crippen molar-refractivity contribution in [2.45, 2.75) is 42.7 Å². The van der Waals surface area contributed by atoms with Gasteiger partial charge in [-0.1, -0.05) is 0 Å². The molecule has 12 nitrogen and oxygen atoms in total. The molecule has 0 aliphatic carbocycles. The number of carboxylic acids is 1. The average molecular weight is 477 g/mol. The van der Waals surface area contributed by atoms with Gasteiger partial charge >= 0.3 is 12.0 Å². The average Bonchev–Trinajstić information content (AvgIpc) is 2.90. The minimum absolute atomic E-state index is 0.0809. The van der Waals surface area contributed by atoms with E-state index in [9.17, 15) is 28.8 Å². The Hall–Kier alpha value is -3.61. The molecule has 2 atom stereocenters. The van der Waals surface area contributed by atoms with Crippen LogP contribution in [0.5, 0.6) is 0 Å². The molecule has 33 heavy (non-hydrogen) atoms. The number of nitrogens with one attached hydrogen (secondary N) is 2. The summed E-state index contributed by atoms with van der Waals surface area (Å²) >= 11 is 4.16. The summed E-state index contributed by atoms with van der Waals surface area (Å²) in [4.78, 5) is 74.1. The fourth-order valence-electron chi connectivity index (χ4n) is 3.62. The topological polar surface area (TPSA) is 156 Å². The van der Waals surface area contributed by atoms with Crippen molar-refractivity contribution >= 4 is 48.6 Å². The number of thiol groups is 1. The quantitative estimate of drug-likeness (QED) is 0.313. The van der Waals surface area contributed by atoms with Gasteiger partial charge in [-0.25, -0.2) is 19.8 Å². The molecular weight excluding hydrogens is 454 g/mol. The normalized spacial score (nSPS) is 19.3. The van der Waals surface area contributed by atoms with Gasteiger partial charge in [0.2, 0.25) is 11.8 Å².